The molecule has 6 heteroatoms. The second kappa shape index (κ2) is 7.13. The van der Waals surface area contributed by atoms with Crippen LogP contribution in [0.25, 0.3) is 0 Å². The number of aliphatic hydroxyl groups excluding tert-OH is 1. The van der Waals surface area contributed by atoms with Crippen LogP contribution in [-0.2, 0) is 4.79 Å². The molecule has 0 saturated carbocycles. The Hall–Kier alpha value is -2.39. The topological polar surface area (TPSA) is 78.4 Å². The molecule has 0 aliphatic rings. The summed E-state index contributed by atoms with van der Waals surface area (Å²) in [5, 5.41) is 13.1. The van der Waals surface area contributed by atoms with E-state index in [9.17, 15) is 14.0 Å². The van der Waals surface area contributed by atoms with Crippen LogP contribution >= 0.6 is 0 Å². The third-order valence-electron chi connectivity index (χ3n) is 2.21. The van der Waals surface area contributed by atoms with Crippen molar-refractivity contribution in [3.05, 3.63) is 35.1 Å². The summed E-state index contributed by atoms with van der Waals surface area (Å²) in [5.41, 5.74) is 0.188. The van der Waals surface area contributed by atoms with Crippen LogP contribution in [0, 0.1) is 17.7 Å². The Bertz CT molecular complexity index is 547. The molecule has 0 aliphatic carbocycles. The molecular weight excluding hydrogens is 251 g/mol. The summed E-state index contributed by atoms with van der Waals surface area (Å²) in [5.74, 6) is 3.11. The third kappa shape index (κ3) is 4.41. The number of hydrogen-bond acceptors (Lipinski definition) is 3. The van der Waals surface area contributed by atoms with Gasteiger partial charge in [0.2, 0.25) is 5.91 Å². The zero-order chi connectivity index (χ0) is 14.3. The van der Waals surface area contributed by atoms with E-state index in [1.807, 2.05) is 0 Å². The van der Waals surface area contributed by atoms with Gasteiger partial charge in [0.05, 0.1) is 12.1 Å². The fourth-order valence-electron chi connectivity index (χ4n) is 1.26. The number of rotatable bonds is 3. The van der Waals surface area contributed by atoms with Crippen LogP contribution in [0.1, 0.15) is 15.9 Å². The second-order valence-corrected chi connectivity index (χ2v) is 3.51. The van der Waals surface area contributed by atoms with Crippen LogP contribution in [0.2, 0.25) is 0 Å². The van der Waals surface area contributed by atoms with Crippen LogP contribution in [0.4, 0.5) is 4.39 Å². The lowest BCUT2D eigenvalue weighted by Crippen LogP contribution is -2.35. The second-order valence-electron chi connectivity index (χ2n) is 3.51. The van der Waals surface area contributed by atoms with E-state index in [0.717, 1.165) is 6.07 Å². The summed E-state index contributed by atoms with van der Waals surface area (Å²) in [6, 6.07) is 3.83. The molecule has 2 amide bonds. The largest absolute Gasteiger partial charge is 0.384 e. The molecule has 0 radical (unpaired) electrons. The molecule has 0 bridgehead atoms. The molecule has 0 atom stereocenters. The molecule has 0 spiro atoms. The van der Waals surface area contributed by atoms with Gasteiger partial charge in [-0.15, -0.1) is 0 Å². The summed E-state index contributed by atoms with van der Waals surface area (Å²) in [4.78, 5) is 22.5. The predicted octanol–water partition coefficient (Wildman–Crippen LogP) is -0.355. The Morgan fingerprint density at radius 3 is 2.74 bits per heavy atom. The fourth-order valence-corrected chi connectivity index (χ4v) is 1.26. The minimum Gasteiger partial charge on any atom is -0.384 e. The highest BCUT2D eigenvalue weighted by Gasteiger charge is 2.12. The number of halogens is 1. The van der Waals surface area contributed by atoms with E-state index >= 15 is 0 Å². The first-order valence-electron chi connectivity index (χ1n) is 5.46. The van der Waals surface area contributed by atoms with Crippen LogP contribution < -0.4 is 10.6 Å². The van der Waals surface area contributed by atoms with Gasteiger partial charge in [-0.25, -0.2) is 4.39 Å². The molecule has 1 rings (SSSR count). The van der Waals surface area contributed by atoms with Crippen molar-refractivity contribution in [3.63, 3.8) is 0 Å². The Morgan fingerprint density at radius 1 is 1.42 bits per heavy atom. The molecule has 1 aromatic rings. The zero-order valence-corrected chi connectivity index (χ0v) is 10.3. The highest BCUT2D eigenvalue weighted by Crippen LogP contribution is 2.09. The molecule has 0 heterocycles. The highest BCUT2D eigenvalue weighted by molar-refractivity contribution is 5.96. The number of benzene rings is 1. The van der Waals surface area contributed by atoms with Gasteiger partial charge in [0.25, 0.3) is 5.91 Å². The van der Waals surface area contributed by atoms with Gasteiger partial charge in [-0.05, 0) is 18.2 Å². The minimum absolute atomic E-state index is 0.168. The van der Waals surface area contributed by atoms with Crippen molar-refractivity contribution in [1.29, 1.82) is 0 Å². The van der Waals surface area contributed by atoms with E-state index in [4.69, 9.17) is 5.11 Å². The first-order chi connectivity index (χ1) is 9.08. The van der Waals surface area contributed by atoms with Crippen molar-refractivity contribution in [3.8, 4) is 11.8 Å². The van der Waals surface area contributed by atoms with E-state index in [2.05, 4.69) is 22.5 Å². The molecule has 0 saturated heterocycles. The van der Waals surface area contributed by atoms with Gasteiger partial charge in [0.15, 0.2) is 0 Å². The fraction of sp³-hybridized carbons (Fsp3) is 0.231. The Morgan fingerprint density at radius 2 is 2.16 bits per heavy atom. The van der Waals surface area contributed by atoms with Crippen LogP contribution in [0.5, 0.6) is 0 Å². The minimum atomic E-state index is -0.737. The number of likely N-dealkylation sites (N-methyl/N-ethyl adjacent to an activating group) is 1. The molecule has 100 valence electrons. The Balaban J connectivity index is 2.78. The first-order valence-corrected chi connectivity index (χ1v) is 5.46. The van der Waals surface area contributed by atoms with Gasteiger partial charge in [0.1, 0.15) is 12.4 Å². The smallest absolute Gasteiger partial charge is 0.254 e. The SMILES string of the molecule is CNC(=O)CNC(=O)c1ccc(C#CCO)cc1F. The quantitative estimate of drug-likeness (QED) is 0.653. The van der Waals surface area contributed by atoms with Gasteiger partial charge >= 0.3 is 0 Å². The lowest BCUT2D eigenvalue weighted by Gasteiger charge is -2.05. The Kier molecular flexibility index (Phi) is 5.51. The van der Waals surface area contributed by atoms with Crippen LogP contribution in [0.15, 0.2) is 18.2 Å². The Labute approximate surface area is 109 Å². The van der Waals surface area contributed by atoms with Gasteiger partial charge in [-0.1, -0.05) is 11.8 Å². The van der Waals surface area contributed by atoms with Crippen molar-refractivity contribution in [2.75, 3.05) is 20.2 Å². The number of nitrogens with one attached hydrogen (secondary N) is 2. The monoisotopic (exact) mass is 264 g/mol. The van der Waals surface area contributed by atoms with Gasteiger partial charge in [-0.2, -0.15) is 0 Å². The predicted molar refractivity (Wildman–Crippen MR) is 66.8 cm³/mol. The molecule has 0 aromatic heterocycles. The number of aliphatic hydroxyl groups is 1. The maximum atomic E-state index is 13.6. The molecule has 0 unspecified atom stereocenters. The van der Waals surface area contributed by atoms with Crippen molar-refractivity contribution < 1.29 is 19.1 Å². The average Bonchev–Trinajstić information content (AvgIpc) is 2.42. The normalized spacial score (nSPS) is 9.21. The van der Waals surface area contributed by atoms with E-state index in [0.29, 0.717) is 5.56 Å². The van der Waals surface area contributed by atoms with Crippen molar-refractivity contribution >= 4 is 11.8 Å². The lowest BCUT2D eigenvalue weighted by molar-refractivity contribution is -0.119. The third-order valence-corrected chi connectivity index (χ3v) is 2.21. The summed E-state index contributed by atoms with van der Waals surface area (Å²) >= 11 is 0. The van der Waals surface area contributed by atoms with E-state index in [1.165, 1.54) is 19.2 Å². The van der Waals surface area contributed by atoms with Crippen molar-refractivity contribution in [2.24, 2.45) is 0 Å². The molecule has 1 aromatic carbocycles. The van der Waals surface area contributed by atoms with E-state index in [1.54, 1.807) is 0 Å². The van der Waals surface area contributed by atoms with Crippen LogP contribution in [-0.4, -0.2) is 37.1 Å². The molecule has 19 heavy (non-hydrogen) atoms. The summed E-state index contributed by atoms with van der Waals surface area (Å²) in [6.45, 7) is -0.545. The van der Waals surface area contributed by atoms with Gasteiger partial charge in [0, 0.05) is 12.6 Å². The maximum absolute atomic E-state index is 13.6. The molecule has 3 N–H and O–H groups in total. The molecular formula is C13H13FN2O3. The molecule has 0 fully saturated rings. The van der Waals surface area contributed by atoms with Crippen LogP contribution in [0.3, 0.4) is 0 Å². The van der Waals surface area contributed by atoms with Gasteiger partial charge < -0.3 is 15.7 Å². The number of hydrogen-bond donors (Lipinski definition) is 3. The average molecular weight is 264 g/mol. The van der Waals surface area contributed by atoms with E-state index < -0.39 is 11.7 Å². The maximum Gasteiger partial charge on any atom is 0.254 e. The number of carbonyl (C=O) groups excluding carboxylic acids is 2. The van der Waals surface area contributed by atoms with Crippen molar-refractivity contribution in [1.82, 2.24) is 10.6 Å². The number of carbonyl (C=O) groups is 2. The summed E-state index contributed by atoms with van der Waals surface area (Å²) in [7, 11) is 1.43. The van der Waals surface area contributed by atoms with Gasteiger partial charge in [-0.3, -0.25) is 9.59 Å². The van der Waals surface area contributed by atoms with E-state index in [-0.39, 0.29) is 24.6 Å². The first kappa shape index (κ1) is 14.7. The molecule has 0 aliphatic heterocycles. The summed E-state index contributed by atoms with van der Waals surface area (Å²) < 4.78 is 13.6. The standard InChI is InChI=1S/C13H13FN2O3/c1-15-12(18)8-16-13(19)10-5-4-9(3-2-6-17)7-11(10)14/h4-5,7,17H,6,8H2,1H3,(H,15,18)(H,16,19). The lowest BCUT2D eigenvalue weighted by atomic mass is 10.1. The summed E-state index contributed by atoms with van der Waals surface area (Å²) in [6.07, 6.45) is 0. The zero-order valence-electron chi connectivity index (χ0n) is 10.3. The highest BCUT2D eigenvalue weighted by atomic mass is 19.1. The van der Waals surface area contributed by atoms with Crippen molar-refractivity contribution in [2.45, 2.75) is 0 Å². The number of amides is 2. The molecule has 5 nitrogen and oxygen atoms in total.